The van der Waals surface area contributed by atoms with Gasteiger partial charge >= 0.3 is 12.1 Å². The molecule has 172 valence electrons. The molecule has 0 bridgehead atoms. The SMILES string of the molecule is O=C(NCCc1ccccn1)c1nc2c(s1)CCCN2C(=O)C1CC1.O=C(O)C(F)(F)F. The van der Waals surface area contributed by atoms with E-state index in [4.69, 9.17) is 9.90 Å². The summed E-state index contributed by atoms with van der Waals surface area (Å²) in [7, 11) is 0. The third-order valence-corrected chi connectivity index (χ3v) is 5.84. The number of carbonyl (C=O) groups is 3. The van der Waals surface area contributed by atoms with E-state index in [0.717, 1.165) is 36.3 Å². The molecule has 0 radical (unpaired) electrons. The zero-order chi connectivity index (χ0) is 23.3. The number of nitrogens with zero attached hydrogens (tertiary/aromatic N) is 3. The predicted molar refractivity (Wildman–Crippen MR) is 109 cm³/mol. The first kappa shape index (κ1) is 23.6. The molecule has 0 saturated heterocycles. The molecule has 3 heterocycles. The van der Waals surface area contributed by atoms with E-state index >= 15 is 0 Å². The molecule has 32 heavy (non-hydrogen) atoms. The van der Waals surface area contributed by atoms with Gasteiger partial charge in [-0.3, -0.25) is 19.5 Å². The second kappa shape index (κ2) is 10.1. The van der Waals surface area contributed by atoms with Crippen molar-refractivity contribution in [1.29, 1.82) is 0 Å². The molecule has 1 aliphatic heterocycles. The number of halogens is 3. The molecule has 0 atom stereocenters. The van der Waals surface area contributed by atoms with Crippen LogP contribution < -0.4 is 10.2 Å². The summed E-state index contributed by atoms with van der Waals surface area (Å²) in [5.74, 6) is -1.87. The van der Waals surface area contributed by atoms with Crippen molar-refractivity contribution in [3.05, 3.63) is 40.0 Å². The van der Waals surface area contributed by atoms with Crippen molar-refractivity contribution in [2.24, 2.45) is 5.92 Å². The number of anilines is 1. The molecular formula is C20H21F3N4O4S. The first-order valence-corrected chi connectivity index (χ1v) is 10.8. The van der Waals surface area contributed by atoms with Gasteiger partial charge in [-0.05, 0) is 37.8 Å². The number of hydrogen-bond acceptors (Lipinski definition) is 6. The largest absolute Gasteiger partial charge is 0.490 e. The van der Waals surface area contributed by atoms with Crippen molar-refractivity contribution >= 4 is 34.9 Å². The van der Waals surface area contributed by atoms with Gasteiger partial charge in [0, 0.05) is 42.2 Å². The molecule has 1 aliphatic carbocycles. The molecule has 4 rings (SSSR count). The Morgan fingerprint density at radius 3 is 2.56 bits per heavy atom. The standard InChI is InChI=1S/C18H20N4O2S.C2HF3O2/c23-16(20-10-8-13-4-1-2-9-19-13)17-21-15-14(25-17)5-3-11-22(15)18(24)12-6-7-12;3-2(4,5)1(6)7/h1-2,4,9,12H,3,5-8,10-11H2,(H,20,23);(H,6,7). The van der Waals surface area contributed by atoms with Gasteiger partial charge in [-0.1, -0.05) is 6.07 Å². The highest BCUT2D eigenvalue weighted by Crippen LogP contribution is 2.37. The van der Waals surface area contributed by atoms with Gasteiger partial charge in [0.2, 0.25) is 5.91 Å². The van der Waals surface area contributed by atoms with Gasteiger partial charge in [0.1, 0.15) is 5.82 Å². The van der Waals surface area contributed by atoms with E-state index in [1.165, 1.54) is 11.3 Å². The van der Waals surface area contributed by atoms with Gasteiger partial charge in [0.25, 0.3) is 5.91 Å². The Morgan fingerprint density at radius 1 is 1.25 bits per heavy atom. The van der Waals surface area contributed by atoms with Crippen LogP contribution >= 0.6 is 11.3 Å². The van der Waals surface area contributed by atoms with Crippen LogP contribution in [0.15, 0.2) is 24.4 Å². The van der Waals surface area contributed by atoms with E-state index in [1.807, 2.05) is 18.2 Å². The minimum Gasteiger partial charge on any atom is -0.475 e. The average molecular weight is 470 g/mol. The summed E-state index contributed by atoms with van der Waals surface area (Å²) >= 11 is 1.41. The van der Waals surface area contributed by atoms with Crippen molar-refractivity contribution < 1.29 is 32.7 Å². The van der Waals surface area contributed by atoms with Crippen LogP contribution in [0.3, 0.4) is 0 Å². The number of nitrogens with one attached hydrogen (secondary N) is 1. The number of hydrogen-bond donors (Lipinski definition) is 2. The Bertz CT molecular complexity index is 977. The monoisotopic (exact) mass is 470 g/mol. The van der Waals surface area contributed by atoms with Crippen LogP contribution in [-0.2, 0) is 22.4 Å². The van der Waals surface area contributed by atoms with Crippen LogP contribution in [-0.4, -0.2) is 52.1 Å². The van der Waals surface area contributed by atoms with E-state index in [1.54, 1.807) is 11.1 Å². The van der Waals surface area contributed by atoms with E-state index in [-0.39, 0.29) is 17.7 Å². The lowest BCUT2D eigenvalue weighted by Gasteiger charge is -2.25. The van der Waals surface area contributed by atoms with E-state index < -0.39 is 12.1 Å². The lowest BCUT2D eigenvalue weighted by molar-refractivity contribution is -0.192. The van der Waals surface area contributed by atoms with Crippen molar-refractivity contribution in [2.75, 3.05) is 18.0 Å². The number of alkyl halides is 3. The Balaban J connectivity index is 0.000000360. The number of fused-ring (bicyclic) bond motifs is 1. The molecule has 8 nitrogen and oxygen atoms in total. The number of carboxylic acids is 1. The number of aryl methyl sites for hydroxylation is 1. The zero-order valence-electron chi connectivity index (χ0n) is 16.9. The fourth-order valence-electron chi connectivity index (χ4n) is 3.01. The fourth-order valence-corrected chi connectivity index (χ4v) is 4.03. The third-order valence-electron chi connectivity index (χ3n) is 4.74. The number of aromatic nitrogens is 2. The first-order valence-electron chi connectivity index (χ1n) is 9.96. The van der Waals surface area contributed by atoms with Gasteiger partial charge < -0.3 is 10.4 Å². The topological polar surface area (TPSA) is 112 Å². The van der Waals surface area contributed by atoms with Crippen LogP contribution in [0, 0.1) is 5.92 Å². The Hall–Kier alpha value is -3.02. The summed E-state index contributed by atoms with van der Waals surface area (Å²) < 4.78 is 31.7. The van der Waals surface area contributed by atoms with Crippen molar-refractivity contribution in [2.45, 2.75) is 38.3 Å². The summed E-state index contributed by atoms with van der Waals surface area (Å²) in [6.07, 6.45) is 1.14. The highest BCUT2D eigenvalue weighted by Gasteiger charge is 2.38. The van der Waals surface area contributed by atoms with Gasteiger partial charge in [-0.2, -0.15) is 13.2 Å². The van der Waals surface area contributed by atoms with Crippen LogP contribution in [0.4, 0.5) is 19.0 Å². The predicted octanol–water partition coefficient (Wildman–Crippen LogP) is 2.83. The number of carboxylic acid groups (broad SMARTS) is 1. The molecule has 2 aromatic heterocycles. The maximum atomic E-state index is 12.4. The summed E-state index contributed by atoms with van der Waals surface area (Å²) in [5, 5.41) is 10.5. The minimum absolute atomic E-state index is 0.170. The highest BCUT2D eigenvalue weighted by atomic mass is 32.1. The Labute approximate surface area is 185 Å². The first-order chi connectivity index (χ1) is 15.2. The quantitative estimate of drug-likeness (QED) is 0.695. The maximum Gasteiger partial charge on any atom is 0.490 e. The summed E-state index contributed by atoms with van der Waals surface area (Å²) in [6.45, 7) is 1.23. The molecule has 2 aromatic rings. The molecule has 1 fully saturated rings. The number of amides is 2. The molecule has 2 N–H and O–H groups in total. The maximum absolute atomic E-state index is 12.4. The number of rotatable bonds is 5. The molecular weight excluding hydrogens is 449 g/mol. The molecule has 2 aliphatic rings. The molecule has 12 heteroatoms. The van der Waals surface area contributed by atoms with Crippen LogP contribution in [0.1, 0.15) is 39.6 Å². The average Bonchev–Trinajstić information content (AvgIpc) is 3.51. The second-order valence-corrected chi connectivity index (χ2v) is 8.35. The molecule has 0 spiro atoms. The number of pyridine rings is 1. The molecule has 1 saturated carbocycles. The Kier molecular flexibility index (Phi) is 7.44. The normalized spacial score (nSPS) is 15.3. The summed E-state index contributed by atoms with van der Waals surface area (Å²) in [4.78, 5) is 45.3. The fraction of sp³-hybridized carbons (Fsp3) is 0.450. The molecule has 2 amide bonds. The molecule has 0 aromatic carbocycles. The highest BCUT2D eigenvalue weighted by molar-refractivity contribution is 7.14. The van der Waals surface area contributed by atoms with Crippen molar-refractivity contribution in [3.8, 4) is 0 Å². The van der Waals surface area contributed by atoms with E-state index in [9.17, 15) is 22.8 Å². The van der Waals surface area contributed by atoms with Gasteiger partial charge in [-0.15, -0.1) is 11.3 Å². The lowest BCUT2D eigenvalue weighted by Crippen LogP contribution is -2.36. The van der Waals surface area contributed by atoms with Gasteiger partial charge in [0.05, 0.1) is 0 Å². The summed E-state index contributed by atoms with van der Waals surface area (Å²) in [5.41, 5.74) is 0.947. The lowest BCUT2D eigenvalue weighted by atomic mass is 10.1. The summed E-state index contributed by atoms with van der Waals surface area (Å²) in [6, 6.07) is 5.75. The van der Waals surface area contributed by atoms with Crippen LogP contribution in [0.5, 0.6) is 0 Å². The van der Waals surface area contributed by atoms with E-state index in [2.05, 4.69) is 15.3 Å². The van der Waals surface area contributed by atoms with Crippen molar-refractivity contribution in [1.82, 2.24) is 15.3 Å². The third kappa shape index (κ3) is 6.25. The van der Waals surface area contributed by atoms with Gasteiger partial charge in [0.15, 0.2) is 5.01 Å². The second-order valence-electron chi connectivity index (χ2n) is 7.26. The van der Waals surface area contributed by atoms with Crippen LogP contribution in [0.2, 0.25) is 0 Å². The number of thiazole rings is 1. The van der Waals surface area contributed by atoms with E-state index in [0.29, 0.717) is 30.3 Å². The molecule has 0 unspecified atom stereocenters. The number of aliphatic carboxylic acids is 1. The minimum atomic E-state index is -5.08. The van der Waals surface area contributed by atoms with Gasteiger partial charge in [-0.25, -0.2) is 9.78 Å². The zero-order valence-corrected chi connectivity index (χ0v) is 17.7. The van der Waals surface area contributed by atoms with Crippen LogP contribution in [0.25, 0.3) is 0 Å². The Morgan fingerprint density at radius 2 is 1.97 bits per heavy atom. The number of carbonyl (C=O) groups excluding carboxylic acids is 2. The smallest absolute Gasteiger partial charge is 0.475 e. The van der Waals surface area contributed by atoms with Crippen molar-refractivity contribution in [3.63, 3.8) is 0 Å².